The molecule has 2 aromatic heterocycles. The summed E-state index contributed by atoms with van der Waals surface area (Å²) in [5, 5.41) is 0. The number of hydrogen-bond acceptors (Lipinski definition) is 5. The molecule has 0 unspecified atom stereocenters. The number of anilines is 1. The lowest BCUT2D eigenvalue weighted by molar-refractivity contribution is 0.994. The Kier molecular flexibility index (Phi) is 3.47. The van der Waals surface area contributed by atoms with E-state index >= 15 is 0 Å². The topological polar surface area (TPSA) is 77.6 Å². The highest BCUT2D eigenvalue weighted by Gasteiger charge is 2.10. The predicted molar refractivity (Wildman–Crippen MR) is 87.1 cm³/mol. The second-order valence-electron chi connectivity index (χ2n) is 4.31. The molecule has 0 fully saturated rings. The van der Waals surface area contributed by atoms with Crippen molar-refractivity contribution < 1.29 is 0 Å². The maximum absolute atomic E-state index is 5.96. The third-order valence-corrected chi connectivity index (χ3v) is 4.18. The Bertz CT molecular complexity index is 788. The molecule has 20 heavy (non-hydrogen) atoms. The van der Waals surface area contributed by atoms with Crippen LogP contribution in [0.1, 0.15) is 12.6 Å². The van der Waals surface area contributed by atoms with Crippen LogP contribution in [0.3, 0.4) is 0 Å². The van der Waals surface area contributed by atoms with Crippen LogP contribution < -0.4 is 5.73 Å². The summed E-state index contributed by atoms with van der Waals surface area (Å²) in [7, 11) is 0. The first-order chi connectivity index (χ1) is 9.69. The molecular weight excluding hydrogens is 365 g/mol. The first kappa shape index (κ1) is 13.2. The standard InChI is InChI=1S/C14H12IN5/c1-2-9-12(15)13(16)20-14(19-9)8-3-4-10-11(7-8)18-6-5-17-10/h3-7H,2H2,1H3,(H2,16,19,20). The van der Waals surface area contributed by atoms with Crippen molar-refractivity contribution in [3.63, 3.8) is 0 Å². The second kappa shape index (κ2) is 5.28. The Morgan fingerprint density at radius 2 is 1.85 bits per heavy atom. The van der Waals surface area contributed by atoms with E-state index in [0.717, 1.165) is 32.3 Å². The Labute approximate surface area is 129 Å². The van der Waals surface area contributed by atoms with E-state index in [0.29, 0.717) is 11.6 Å². The van der Waals surface area contributed by atoms with Gasteiger partial charge in [0.25, 0.3) is 0 Å². The summed E-state index contributed by atoms with van der Waals surface area (Å²) in [6.07, 6.45) is 4.18. The first-order valence-electron chi connectivity index (χ1n) is 6.22. The van der Waals surface area contributed by atoms with Crippen LogP contribution >= 0.6 is 22.6 Å². The van der Waals surface area contributed by atoms with Gasteiger partial charge in [-0.05, 0) is 47.2 Å². The monoisotopic (exact) mass is 377 g/mol. The fraction of sp³-hybridized carbons (Fsp3) is 0.143. The van der Waals surface area contributed by atoms with E-state index in [4.69, 9.17) is 5.73 Å². The molecule has 0 amide bonds. The Hall–Kier alpha value is -1.83. The van der Waals surface area contributed by atoms with E-state index in [9.17, 15) is 0 Å². The van der Waals surface area contributed by atoms with Gasteiger partial charge < -0.3 is 5.73 Å². The minimum atomic E-state index is 0.520. The molecule has 0 aliphatic rings. The second-order valence-corrected chi connectivity index (χ2v) is 5.39. The third-order valence-electron chi connectivity index (χ3n) is 3.01. The largest absolute Gasteiger partial charge is 0.383 e. The van der Waals surface area contributed by atoms with Gasteiger partial charge in [0, 0.05) is 18.0 Å². The number of halogens is 1. The smallest absolute Gasteiger partial charge is 0.161 e. The molecule has 100 valence electrons. The molecule has 0 radical (unpaired) electrons. The van der Waals surface area contributed by atoms with E-state index in [1.165, 1.54) is 0 Å². The van der Waals surface area contributed by atoms with Gasteiger partial charge in [-0.3, -0.25) is 9.97 Å². The maximum atomic E-state index is 5.96. The van der Waals surface area contributed by atoms with E-state index in [1.54, 1.807) is 12.4 Å². The predicted octanol–water partition coefficient (Wildman–Crippen LogP) is 2.84. The van der Waals surface area contributed by atoms with Crippen molar-refractivity contribution in [3.8, 4) is 11.4 Å². The van der Waals surface area contributed by atoms with Crippen LogP contribution in [0.15, 0.2) is 30.6 Å². The zero-order valence-electron chi connectivity index (χ0n) is 10.8. The van der Waals surface area contributed by atoms with Gasteiger partial charge in [-0.15, -0.1) is 0 Å². The van der Waals surface area contributed by atoms with Gasteiger partial charge in [-0.2, -0.15) is 0 Å². The van der Waals surface area contributed by atoms with Gasteiger partial charge in [0.1, 0.15) is 5.82 Å². The van der Waals surface area contributed by atoms with Crippen molar-refractivity contribution >= 4 is 39.4 Å². The Morgan fingerprint density at radius 3 is 2.60 bits per heavy atom. The molecule has 0 aliphatic heterocycles. The molecule has 6 heteroatoms. The zero-order chi connectivity index (χ0) is 14.1. The summed E-state index contributed by atoms with van der Waals surface area (Å²) in [5.74, 6) is 1.15. The minimum Gasteiger partial charge on any atom is -0.383 e. The molecule has 2 heterocycles. The van der Waals surface area contributed by atoms with Crippen LogP contribution in [0.5, 0.6) is 0 Å². The van der Waals surface area contributed by atoms with Crippen LogP contribution in [-0.4, -0.2) is 19.9 Å². The molecule has 0 atom stereocenters. The van der Waals surface area contributed by atoms with Crippen LogP contribution in [0, 0.1) is 3.57 Å². The summed E-state index contributed by atoms with van der Waals surface area (Å²) >= 11 is 2.18. The van der Waals surface area contributed by atoms with Crippen molar-refractivity contribution in [1.29, 1.82) is 0 Å². The molecule has 0 bridgehead atoms. The first-order valence-corrected chi connectivity index (χ1v) is 7.30. The number of benzene rings is 1. The van der Waals surface area contributed by atoms with E-state index in [2.05, 4.69) is 49.5 Å². The number of rotatable bonds is 2. The number of nitrogen functional groups attached to an aromatic ring is 1. The number of hydrogen-bond donors (Lipinski definition) is 1. The van der Waals surface area contributed by atoms with Gasteiger partial charge in [0.2, 0.25) is 0 Å². The van der Waals surface area contributed by atoms with Crippen molar-refractivity contribution in [3.05, 3.63) is 39.9 Å². The molecule has 0 spiro atoms. The van der Waals surface area contributed by atoms with Crippen molar-refractivity contribution in [1.82, 2.24) is 19.9 Å². The van der Waals surface area contributed by atoms with Crippen LogP contribution in [0.2, 0.25) is 0 Å². The summed E-state index contributed by atoms with van der Waals surface area (Å²) in [5.41, 5.74) is 9.50. The van der Waals surface area contributed by atoms with Gasteiger partial charge >= 0.3 is 0 Å². The molecule has 0 aliphatic carbocycles. The Morgan fingerprint density at radius 1 is 1.10 bits per heavy atom. The number of fused-ring (bicyclic) bond motifs is 1. The molecule has 2 N–H and O–H groups in total. The average molecular weight is 377 g/mol. The highest BCUT2D eigenvalue weighted by molar-refractivity contribution is 14.1. The summed E-state index contributed by atoms with van der Waals surface area (Å²) in [4.78, 5) is 17.5. The zero-order valence-corrected chi connectivity index (χ0v) is 13.0. The Balaban J connectivity index is 2.17. The van der Waals surface area contributed by atoms with Gasteiger partial charge in [-0.25, -0.2) is 9.97 Å². The van der Waals surface area contributed by atoms with Crippen molar-refractivity contribution in [2.45, 2.75) is 13.3 Å². The number of aryl methyl sites for hydroxylation is 1. The highest BCUT2D eigenvalue weighted by Crippen LogP contribution is 2.24. The summed E-state index contributed by atoms with van der Waals surface area (Å²) < 4.78 is 0.925. The van der Waals surface area contributed by atoms with Gasteiger partial charge in [-0.1, -0.05) is 6.92 Å². The minimum absolute atomic E-state index is 0.520. The van der Waals surface area contributed by atoms with E-state index in [-0.39, 0.29) is 0 Å². The fourth-order valence-electron chi connectivity index (χ4n) is 1.98. The SMILES string of the molecule is CCc1nc(-c2ccc3nccnc3c2)nc(N)c1I. The van der Waals surface area contributed by atoms with Crippen molar-refractivity contribution in [2.24, 2.45) is 0 Å². The van der Waals surface area contributed by atoms with Crippen LogP contribution in [0.25, 0.3) is 22.4 Å². The van der Waals surface area contributed by atoms with Crippen LogP contribution in [0.4, 0.5) is 5.82 Å². The van der Waals surface area contributed by atoms with E-state index < -0.39 is 0 Å². The van der Waals surface area contributed by atoms with Crippen LogP contribution in [-0.2, 0) is 6.42 Å². The lowest BCUT2D eigenvalue weighted by Crippen LogP contribution is -2.04. The normalized spacial score (nSPS) is 10.9. The molecule has 3 rings (SSSR count). The fourth-order valence-corrected chi connectivity index (χ4v) is 2.60. The lowest BCUT2D eigenvalue weighted by atomic mass is 10.1. The molecule has 0 saturated carbocycles. The average Bonchev–Trinajstić information content (AvgIpc) is 2.49. The summed E-state index contributed by atoms with van der Waals surface area (Å²) in [6.45, 7) is 2.06. The van der Waals surface area contributed by atoms with Gasteiger partial charge in [0.05, 0.1) is 20.3 Å². The molecule has 1 aromatic carbocycles. The number of nitrogens with two attached hydrogens (primary N) is 1. The highest BCUT2D eigenvalue weighted by atomic mass is 127. The summed E-state index contributed by atoms with van der Waals surface area (Å²) in [6, 6.07) is 5.79. The number of nitrogens with zero attached hydrogens (tertiary/aromatic N) is 4. The molecule has 3 aromatic rings. The van der Waals surface area contributed by atoms with Crippen molar-refractivity contribution in [2.75, 3.05) is 5.73 Å². The van der Waals surface area contributed by atoms with Gasteiger partial charge in [0.15, 0.2) is 5.82 Å². The maximum Gasteiger partial charge on any atom is 0.161 e. The lowest BCUT2D eigenvalue weighted by Gasteiger charge is -2.08. The molecular formula is C14H12IN5. The number of aromatic nitrogens is 4. The third kappa shape index (κ3) is 2.31. The van der Waals surface area contributed by atoms with E-state index in [1.807, 2.05) is 18.2 Å². The molecule has 0 saturated heterocycles. The molecule has 5 nitrogen and oxygen atoms in total. The quantitative estimate of drug-likeness (QED) is 0.695.